The molecule has 0 saturated carbocycles. The predicted octanol–water partition coefficient (Wildman–Crippen LogP) is 7.66. The summed E-state index contributed by atoms with van der Waals surface area (Å²) in [5.41, 5.74) is -0.770. The van der Waals surface area contributed by atoms with Gasteiger partial charge in [-0.3, -0.25) is 4.31 Å². The quantitative estimate of drug-likeness (QED) is 0.289. The topological polar surface area (TPSA) is 46.6 Å². The minimum Gasteiger partial charge on any atom is -0.484 e. The van der Waals surface area contributed by atoms with Gasteiger partial charge in [0.1, 0.15) is 6.10 Å². The highest BCUT2D eigenvalue weighted by atomic mass is 35.5. The van der Waals surface area contributed by atoms with Crippen molar-refractivity contribution in [1.82, 2.24) is 0 Å². The van der Waals surface area contributed by atoms with E-state index >= 15 is 0 Å². The van der Waals surface area contributed by atoms with Crippen molar-refractivity contribution in [1.29, 1.82) is 0 Å². The monoisotopic (exact) mass is 563 g/mol. The zero-order valence-corrected chi connectivity index (χ0v) is 20.8. The summed E-state index contributed by atoms with van der Waals surface area (Å²) in [5.74, 6) is -0.524. The summed E-state index contributed by atoms with van der Waals surface area (Å²) in [7, 11) is -4.39. The second kappa shape index (κ2) is 9.75. The normalized spacial score (nSPS) is 15.9. The van der Waals surface area contributed by atoms with Crippen LogP contribution in [0.15, 0.2) is 65.6 Å². The Labute approximate surface area is 214 Å². The Bertz CT molecular complexity index is 1420. The number of nitrogens with zero attached hydrogens (tertiary/aromatic N) is 1. The van der Waals surface area contributed by atoms with Gasteiger partial charge in [-0.1, -0.05) is 29.8 Å². The maximum Gasteiger partial charge on any atom is 0.420 e. The molecule has 1 unspecified atom stereocenters. The number of fused-ring (bicyclic) bond motifs is 1. The van der Waals surface area contributed by atoms with Crippen LogP contribution in [0.2, 0.25) is 5.02 Å². The van der Waals surface area contributed by atoms with Gasteiger partial charge in [0.15, 0.2) is 5.75 Å². The van der Waals surface area contributed by atoms with Gasteiger partial charge < -0.3 is 4.74 Å². The predicted molar refractivity (Wildman–Crippen MR) is 126 cm³/mol. The van der Waals surface area contributed by atoms with E-state index in [-0.39, 0.29) is 17.3 Å². The molecule has 0 radical (unpaired) electrons. The fourth-order valence-electron chi connectivity index (χ4n) is 4.27. The average Bonchev–Trinajstić information content (AvgIpc) is 3.21. The number of halogens is 7. The lowest BCUT2D eigenvalue weighted by Crippen LogP contribution is -2.31. The van der Waals surface area contributed by atoms with E-state index in [2.05, 4.69) is 0 Å². The fourth-order valence-corrected chi connectivity index (χ4v) is 6.01. The SMILES string of the molecule is CCN(c1ccc2c(c1)C(Oc1c(Cl)cccc1C(F)(F)F)CC2)S(=O)(=O)c1cccc(C(F)(F)F)c1. The molecular weight excluding hydrogens is 544 g/mol. The molecule has 0 spiro atoms. The van der Waals surface area contributed by atoms with Crippen LogP contribution in [-0.2, 0) is 28.8 Å². The van der Waals surface area contributed by atoms with Crippen LogP contribution in [0.1, 0.15) is 41.7 Å². The Morgan fingerprint density at radius 1 is 0.973 bits per heavy atom. The molecule has 198 valence electrons. The van der Waals surface area contributed by atoms with Crippen molar-refractivity contribution in [3.8, 4) is 5.75 Å². The van der Waals surface area contributed by atoms with E-state index in [1.54, 1.807) is 6.07 Å². The van der Waals surface area contributed by atoms with Crippen molar-refractivity contribution < 1.29 is 39.5 Å². The van der Waals surface area contributed by atoms with Crippen LogP contribution >= 0.6 is 11.6 Å². The standard InChI is InChI=1S/C25H20ClF6NO3S/c1-2-33(37(34,35)18-6-3-5-16(13-18)24(27,28)29)17-11-9-15-10-12-22(19(15)14-17)36-23-20(25(30,31)32)7-4-8-21(23)26/h3-9,11,13-14,22H,2,10,12H2,1H3. The molecule has 1 aliphatic rings. The number of ether oxygens (including phenoxy) is 1. The summed E-state index contributed by atoms with van der Waals surface area (Å²) in [4.78, 5) is -0.539. The number of sulfonamides is 1. The molecule has 4 rings (SSSR count). The molecule has 0 aromatic heterocycles. The largest absolute Gasteiger partial charge is 0.484 e. The number of para-hydroxylation sites is 1. The van der Waals surface area contributed by atoms with Gasteiger partial charge in [0.25, 0.3) is 10.0 Å². The Balaban J connectivity index is 1.71. The number of benzene rings is 3. The van der Waals surface area contributed by atoms with Gasteiger partial charge in [-0.05, 0) is 73.4 Å². The molecule has 12 heteroatoms. The Hall–Kier alpha value is -2.92. The number of alkyl halides is 6. The van der Waals surface area contributed by atoms with Crippen molar-refractivity contribution in [3.05, 3.63) is 87.9 Å². The van der Waals surface area contributed by atoms with Gasteiger partial charge in [-0.25, -0.2) is 8.42 Å². The minimum absolute atomic E-state index is 0.106. The van der Waals surface area contributed by atoms with Gasteiger partial charge >= 0.3 is 12.4 Å². The molecule has 37 heavy (non-hydrogen) atoms. The second-order valence-corrected chi connectivity index (χ2v) is 10.6. The van der Waals surface area contributed by atoms with Crippen LogP contribution < -0.4 is 9.04 Å². The maximum atomic E-state index is 13.5. The van der Waals surface area contributed by atoms with E-state index in [1.165, 1.54) is 25.1 Å². The second-order valence-electron chi connectivity index (χ2n) is 8.34. The van der Waals surface area contributed by atoms with E-state index in [4.69, 9.17) is 16.3 Å². The van der Waals surface area contributed by atoms with Crippen molar-refractivity contribution in [2.24, 2.45) is 0 Å². The molecule has 0 aliphatic heterocycles. The summed E-state index contributed by atoms with van der Waals surface area (Å²) in [6.07, 6.45) is -9.48. The molecule has 0 N–H and O–H groups in total. The van der Waals surface area contributed by atoms with Gasteiger partial charge in [-0.15, -0.1) is 0 Å². The number of aryl methyl sites for hydroxylation is 1. The molecule has 3 aromatic rings. The highest BCUT2D eigenvalue weighted by Gasteiger charge is 2.37. The highest BCUT2D eigenvalue weighted by molar-refractivity contribution is 7.92. The zero-order valence-electron chi connectivity index (χ0n) is 19.2. The van der Waals surface area contributed by atoms with Crippen molar-refractivity contribution in [2.75, 3.05) is 10.8 Å². The molecule has 0 fully saturated rings. The van der Waals surface area contributed by atoms with E-state index in [0.717, 1.165) is 40.2 Å². The minimum atomic E-state index is -4.73. The molecule has 1 aliphatic carbocycles. The van der Waals surface area contributed by atoms with E-state index < -0.39 is 50.3 Å². The Morgan fingerprint density at radius 2 is 1.68 bits per heavy atom. The third-order valence-corrected chi connectivity index (χ3v) is 8.21. The summed E-state index contributed by atoms with van der Waals surface area (Å²) >= 11 is 6.02. The first-order valence-corrected chi connectivity index (χ1v) is 12.9. The van der Waals surface area contributed by atoms with Crippen molar-refractivity contribution >= 4 is 27.3 Å². The number of hydrogen-bond donors (Lipinski definition) is 0. The van der Waals surface area contributed by atoms with Crippen LogP contribution in [-0.4, -0.2) is 15.0 Å². The lowest BCUT2D eigenvalue weighted by atomic mass is 10.1. The van der Waals surface area contributed by atoms with E-state index in [1.807, 2.05) is 0 Å². The highest BCUT2D eigenvalue weighted by Crippen LogP contribution is 2.45. The molecule has 0 amide bonds. The van der Waals surface area contributed by atoms with E-state index in [0.29, 0.717) is 24.5 Å². The third kappa shape index (κ3) is 5.38. The zero-order chi connectivity index (χ0) is 27.2. The van der Waals surface area contributed by atoms with Crippen molar-refractivity contribution in [3.63, 3.8) is 0 Å². The number of anilines is 1. The summed E-state index contributed by atoms with van der Waals surface area (Å²) in [5, 5.41) is -0.221. The van der Waals surface area contributed by atoms with E-state index in [9.17, 15) is 34.8 Å². The van der Waals surface area contributed by atoms with Crippen molar-refractivity contribution in [2.45, 2.75) is 43.1 Å². The molecule has 1 atom stereocenters. The van der Waals surface area contributed by atoms with Gasteiger partial charge in [-0.2, -0.15) is 26.3 Å². The molecular formula is C25H20ClF6NO3S. The van der Waals surface area contributed by atoms with Crippen LogP contribution in [0.3, 0.4) is 0 Å². The smallest absolute Gasteiger partial charge is 0.420 e. The average molecular weight is 564 g/mol. The molecule has 3 aromatic carbocycles. The van der Waals surface area contributed by atoms with Gasteiger partial charge in [0, 0.05) is 6.54 Å². The van der Waals surface area contributed by atoms with Gasteiger partial charge in [0.05, 0.1) is 26.7 Å². The first-order valence-electron chi connectivity index (χ1n) is 11.1. The molecule has 0 bridgehead atoms. The summed E-state index contributed by atoms with van der Waals surface area (Å²) < 4.78 is 113. The third-order valence-electron chi connectivity index (χ3n) is 6.01. The molecule has 0 saturated heterocycles. The Morgan fingerprint density at radius 3 is 2.32 bits per heavy atom. The maximum absolute atomic E-state index is 13.5. The first-order chi connectivity index (χ1) is 17.2. The van der Waals surface area contributed by atoms with Crippen LogP contribution in [0.4, 0.5) is 32.0 Å². The number of rotatable bonds is 6. The van der Waals surface area contributed by atoms with Crippen LogP contribution in [0.5, 0.6) is 5.75 Å². The van der Waals surface area contributed by atoms with Crippen LogP contribution in [0.25, 0.3) is 0 Å². The molecule has 4 nitrogen and oxygen atoms in total. The van der Waals surface area contributed by atoms with Crippen LogP contribution in [0, 0.1) is 0 Å². The number of hydrogen-bond acceptors (Lipinski definition) is 3. The lowest BCUT2D eigenvalue weighted by Gasteiger charge is -2.25. The summed E-state index contributed by atoms with van der Waals surface area (Å²) in [6, 6.07) is 11.3. The fraction of sp³-hybridized carbons (Fsp3) is 0.280. The molecule has 0 heterocycles. The summed E-state index contributed by atoms with van der Waals surface area (Å²) in [6.45, 7) is 1.41. The Kier molecular flexibility index (Phi) is 7.15. The van der Waals surface area contributed by atoms with Gasteiger partial charge in [0.2, 0.25) is 0 Å². The first kappa shape index (κ1) is 27.1. The lowest BCUT2D eigenvalue weighted by molar-refractivity contribution is -0.139.